The van der Waals surface area contributed by atoms with Crippen LogP contribution in [0.2, 0.25) is 0 Å². The highest BCUT2D eigenvalue weighted by atomic mass is 32.2. The van der Waals surface area contributed by atoms with Gasteiger partial charge in [-0.2, -0.15) is 0 Å². The van der Waals surface area contributed by atoms with Crippen molar-refractivity contribution in [3.05, 3.63) is 24.3 Å². The number of ether oxygens (including phenoxy) is 1. The smallest absolute Gasteiger partial charge is 0.263 e. The lowest BCUT2D eigenvalue weighted by atomic mass is 9.96. The minimum atomic E-state index is -3.34. The van der Waals surface area contributed by atoms with E-state index >= 15 is 0 Å². The lowest BCUT2D eigenvalue weighted by Crippen LogP contribution is -2.47. The van der Waals surface area contributed by atoms with E-state index in [4.69, 9.17) is 10.5 Å². The fourth-order valence-corrected chi connectivity index (χ4v) is 3.49. The molecule has 2 N–H and O–H groups in total. The molecule has 1 aromatic rings. The van der Waals surface area contributed by atoms with Crippen LogP contribution in [-0.4, -0.2) is 57.6 Å². The van der Waals surface area contributed by atoms with Crippen molar-refractivity contribution in [3.63, 3.8) is 0 Å². The van der Waals surface area contributed by atoms with Gasteiger partial charge in [-0.1, -0.05) is 6.92 Å². The highest BCUT2D eigenvalue weighted by Gasteiger charge is 2.30. The Morgan fingerprint density at radius 3 is 2.26 bits per heavy atom. The Balaban J connectivity index is 2.00. The number of likely N-dealkylation sites (tertiary alicyclic amines) is 1. The largest absolute Gasteiger partial charge is 0.481 e. The van der Waals surface area contributed by atoms with Crippen LogP contribution in [0.25, 0.3) is 0 Å². The third-order valence-corrected chi connectivity index (χ3v) is 6.04. The Morgan fingerprint density at radius 2 is 1.81 bits per heavy atom. The molecule has 0 radical (unpaired) electrons. The van der Waals surface area contributed by atoms with E-state index < -0.39 is 16.1 Å². The van der Waals surface area contributed by atoms with Crippen molar-refractivity contribution in [2.45, 2.75) is 32.3 Å². The predicted octanol–water partition coefficient (Wildman–Crippen LogP) is 0.964. The van der Waals surface area contributed by atoms with Crippen molar-refractivity contribution < 1.29 is 22.7 Å². The molecule has 1 aliphatic heterocycles. The molecule has 0 spiro atoms. The summed E-state index contributed by atoms with van der Waals surface area (Å²) in [5.41, 5.74) is 5.84. The maximum atomic E-state index is 12.7. The topological polar surface area (TPSA) is 110 Å². The predicted molar refractivity (Wildman–Crippen MR) is 103 cm³/mol. The van der Waals surface area contributed by atoms with Crippen molar-refractivity contribution in [1.82, 2.24) is 4.90 Å². The summed E-state index contributed by atoms with van der Waals surface area (Å²) < 4.78 is 30.2. The molecule has 8 nitrogen and oxygen atoms in total. The van der Waals surface area contributed by atoms with Gasteiger partial charge in [0.05, 0.1) is 11.9 Å². The van der Waals surface area contributed by atoms with Gasteiger partial charge in [-0.15, -0.1) is 0 Å². The minimum Gasteiger partial charge on any atom is -0.481 e. The Labute approximate surface area is 160 Å². The van der Waals surface area contributed by atoms with E-state index in [-0.39, 0.29) is 17.7 Å². The zero-order valence-electron chi connectivity index (χ0n) is 15.9. The van der Waals surface area contributed by atoms with Crippen LogP contribution in [0.5, 0.6) is 5.75 Å². The van der Waals surface area contributed by atoms with Crippen LogP contribution in [0, 0.1) is 5.92 Å². The molecule has 1 fully saturated rings. The van der Waals surface area contributed by atoms with Crippen molar-refractivity contribution in [2.24, 2.45) is 11.7 Å². The van der Waals surface area contributed by atoms with E-state index in [1.807, 2.05) is 6.92 Å². The molecule has 2 rings (SSSR count). The van der Waals surface area contributed by atoms with Gasteiger partial charge in [0.15, 0.2) is 6.10 Å². The zero-order valence-corrected chi connectivity index (χ0v) is 16.7. The van der Waals surface area contributed by atoms with Gasteiger partial charge in [-0.3, -0.25) is 13.9 Å². The van der Waals surface area contributed by atoms with Gasteiger partial charge in [0.2, 0.25) is 15.9 Å². The molecule has 0 bridgehead atoms. The Kier molecular flexibility index (Phi) is 6.69. The number of rotatable bonds is 7. The summed E-state index contributed by atoms with van der Waals surface area (Å²) >= 11 is 0. The number of benzene rings is 1. The maximum absolute atomic E-state index is 12.7. The summed E-state index contributed by atoms with van der Waals surface area (Å²) in [5, 5.41) is 0. The van der Waals surface area contributed by atoms with Gasteiger partial charge in [-0.05, 0) is 43.5 Å². The van der Waals surface area contributed by atoms with Crippen molar-refractivity contribution in [1.29, 1.82) is 0 Å². The SMILES string of the molecule is CC[C@@H](Oc1ccc(N(C)S(C)(=O)=O)cc1)C(=O)N1CCC(C(N)=O)CC1. The van der Waals surface area contributed by atoms with E-state index in [2.05, 4.69) is 0 Å². The van der Waals surface area contributed by atoms with Crippen LogP contribution < -0.4 is 14.8 Å². The molecule has 1 aliphatic rings. The number of hydrogen-bond acceptors (Lipinski definition) is 5. The molecule has 1 aromatic carbocycles. The zero-order chi connectivity index (χ0) is 20.2. The lowest BCUT2D eigenvalue weighted by molar-refractivity contribution is -0.141. The summed E-state index contributed by atoms with van der Waals surface area (Å²) in [7, 11) is -1.86. The van der Waals surface area contributed by atoms with Crippen LogP contribution in [0.3, 0.4) is 0 Å². The molecule has 0 saturated carbocycles. The number of sulfonamides is 1. The van der Waals surface area contributed by atoms with Crippen molar-refractivity contribution in [2.75, 3.05) is 30.7 Å². The molecule has 9 heteroatoms. The van der Waals surface area contributed by atoms with Crippen molar-refractivity contribution in [3.8, 4) is 5.75 Å². The highest BCUT2D eigenvalue weighted by Crippen LogP contribution is 2.23. The average Bonchev–Trinajstić information content (AvgIpc) is 2.64. The standard InChI is InChI=1S/C18H27N3O5S/c1-4-16(18(23)21-11-9-13(10-12-21)17(19)22)26-15-7-5-14(6-8-15)20(2)27(3,24)25/h5-8,13,16H,4,9-12H2,1-3H3,(H2,19,22)/t16-/m1/s1. The first-order valence-corrected chi connectivity index (χ1v) is 10.8. The first-order valence-electron chi connectivity index (χ1n) is 8.92. The average molecular weight is 397 g/mol. The van der Waals surface area contributed by atoms with Gasteiger partial charge in [0, 0.05) is 26.1 Å². The molecular weight excluding hydrogens is 370 g/mol. The molecule has 0 aromatic heterocycles. The third kappa shape index (κ3) is 5.35. The fourth-order valence-electron chi connectivity index (χ4n) is 2.99. The number of anilines is 1. The van der Waals surface area contributed by atoms with Crippen LogP contribution in [-0.2, 0) is 19.6 Å². The Hall–Kier alpha value is -2.29. The van der Waals surface area contributed by atoms with Crippen LogP contribution >= 0.6 is 0 Å². The third-order valence-electron chi connectivity index (χ3n) is 4.83. The molecule has 27 heavy (non-hydrogen) atoms. The second-order valence-electron chi connectivity index (χ2n) is 6.74. The van der Waals surface area contributed by atoms with Gasteiger partial charge in [0.25, 0.3) is 5.91 Å². The monoisotopic (exact) mass is 397 g/mol. The maximum Gasteiger partial charge on any atom is 0.263 e. The second kappa shape index (κ2) is 8.60. The van der Waals surface area contributed by atoms with E-state index in [0.29, 0.717) is 43.8 Å². The lowest BCUT2D eigenvalue weighted by Gasteiger charge is -2.33. The fraction of sp³-hybridized carbons (Fsp3) is 0.556. The Morgan fingerprint density at radius 1 is 1.26 bits per heavy atom. The minimum absolute atomic E-state index is 0.113. The number of carbonyl (C=O) groups is 2. The number of piperidine rings is 1. The summed E-state index contributed by atoms with van der Waals surface area (Å²) in [6, 6.07) is 6.55. The number of nitrogens with zero attached hydrogens (tertiary/aromatic N) is 2. The molecule has 1 heterocycles. The summed E-state index contributed by atoms with van der Waals surface area (Å²) in [5.74, 6) is -0.107. The summed E-state index contributed by atoms with van der Waals surface area (Å²) in [6.45, 7) is 2.85. The number of nitrogens with two attached hydrogens (primary N) is 1. The van der Waals surface area contributed by atoms with E-state index in [9.17, 15) is 18.0 Å². The number of carbonyl (C=O) groups excluding carboxylic acids is 2. The second-order valence-corrected chi connectivity index (χ2v) is 8.75. The van der Waals surface area contributed by atoms with E-state index in [0.717, 1.165) is 6.26 Å². The number of primary amides is 1. The molecule has 0 aliphatic carbocycles. The summed E-state index contributed by atoms with van der Waals surface area (Å²) in [4.78, 5) is 25.7. The summed E-state index contributed by atoms with van der Waals surface area (Å²) in [6.07, 6.45) is 2.15. The van der Waals surface area contributed by atoms with Gasteiger partial charge in [0.1, 0.15) is 5.75 Å². The number of hydrogen-bond donors (Lipinski definition) is 1. The molecule has 1 atom stereocenters. The first-order chi connectivity index (χ1) is 12.6. The molecule has 1 saturated heterocycles. The Bertz CT molecular complexity index is 771. The first kappa shape index (κ1) is 21.0. The molecule has 150 valence electrons. The van der Waals surface area contributed by atoms with E-state index in [1.165, 1.54) is 11.4 Å². The van der Waals surface area contributed by atoms with E-state index in [1.54, 1.807) is 29.2 Å². The van der Waals surface area contributed by atoms with Crippen LogP contribution in [0.1, 0.15) is 26.2 Å². The van der Waals surface area contributed by atoms with Crippen LogP contribution in [0.4, 0.5) is 5.69 Å². The van der Waals surface area contributed by atoms with Crippen LogP contribution in [0.15, 0.2) is 24.3 Å². The molecule has 2 amide bonds. The quantitative estimate of drug-likeness (QED) is 0.737. The van der Waals surface area contributed by atoms with Gasteiger partial charge >= 0.3 is 0 Å². The normalized spacial score (nSPS) is 16.6. The highest BCUT2D eigenvalue weighted by molar-refractivity contribution is 7.92. The number of amides is 2. The molecule has 0 unspecified atom stereocenters. The van der Waals surface area contributed by atoms with Gasteiger partial charge < -0.3 is 15.4 Å². The molecular formula is C18H27N3O5S. The van der Waals surface area contributed by atoms with Gasteiger partial charge in [-0.25, -0.2) is 8.42 Å². The van der Waals surface area contributed by atoms with Crippen molar-refractivity contribution >= 4 is 27.5 Å².